The second-order valence-electron chi connectivity index (χ2n) is 2.69. The van der Waals surface area contributed by atoms with Crippen molar-refractivity contribution < 1.29 is 27.2 Å². The van der Waals surface area contributed by atoms with Crippen molar-refractivity contribution in [1.29, 1.82) is 0 Å². The molecule has 0 bridgehead atoms. The van der Waals surface area contributed by atoms with Gasteiger partial charge in [-0.05, 0) is 6.07 Å². The predicted octanol–water partition coefficient (Wildman–Crippen LogP) is 2.96. The van der Waals surface area contributed by atoms with E-state index in [9.17, 15) is 27.7 Å². The van der Waals surface area contributed by atoms with Crippen LogP contribution in [0.5, 0.6) is 5.75 Å². The maximum absolute atomic E-state index is 12.4. The van der Waals surface area contributed by atoms with Crippen LogP contribution in [-0.4, -0.2) is 11.3 Å². The summed E-state index contributed by atoms with van der Waals surface area (Å²) in [5, 5.41) is 10.4. The van der Waals surface area contributed by atoms with Crippen molar-refractivity contribution in [2.45, 2.75) is 13.0 Å². The lowest BCUT2D eigenvalue weighted by Crippen LogP contribution is -2.18. The fourth-order valence-corrected chi connectivity index (χ4v) is 1.08. The van der Waals surface area contributed by atoms with Gasteiger partial charge in [0.05, 0.1) is 4.92 Å². The minimum absolute atomic E-state index is 0.732. The van der Waals surface area contributed by atoms with Gasteiger partial charge >= 0.3 is 6.36 Å². The van der Waals surface area contributed by atoms with Gasteiger partial charge in [-0.3, -0.25) is 10.1 Å². The van der Waals surface area contributed by atoms with Gasteiger partial charge in [-0.25, -0.2) is 4.39 Å². The number of hydrogen-bond donors (Lipinski definition) is 0. The smallest absolute Gasteiger partial charge is 0.405 e. The second kappa shape index (κ2) is 4.33. The standard InChI is InChI=1S/C8H5F4NO3/c9-4-5-6(13(14)15)2-1-3-7(5)16-8(10,11)12/h1-3H,4H2. The van der Waals surface area contributed by atoms with Crippen LogP contribution in [0.25, 0.3) is 0 Å². The summed E-state index contributed by atoms with van der Waals surface area (Å²) in [4.78, 5) is 9.43. The molecule has 0 heterocycles. The van der Waals surface area contributed by atoms with E-state index < -0.39 is 35.0 Å². The Morgan fingerprint density at radius 3 is 2.44 bits per heavy atom. The summed E-state index contributed by atoms with van der Waals surface area (Å²) in [6.07, 6.45) is -5.01. The molecule has 0 aliphatic rings. The van der Waals surface area contributed by atoms with E-state index in [-0.39, 0.29) is 0 Å². The zero-order valence-electron chi connectivity index (χ0n) is 7.62. The molecule has 0 aliphatic carbocycles. The first-order valence-corrected chi connectivity index (χ1v) is 3.93. The molecule has 1 aromatic carbocycles. The number of nitrogens with zero attached hydrogens (tertiary/aromatic N) is 1. The molecule has 0 amide bonds. The van der Waals surface area contributed by atoms with Crippen LogP contribution in [0.3, 0.4) is 0 Å². The molecule has 88 valence electrons. The fourth-order valence-electron chi connectivity index (χ4n) is 1.08. The first kappa shape index (κ1) is 12.2. The lowest BCUT2D eigenvalue weighted by Gasteiger charge is -2.11. The Morgan fingerprint density at radius 1 is 1.38 bits per heavy atom. The van der Waals surface area contributed by atoms with E-state index >= 15 is 0 Å². The van der Waals surface area contributed by atoms with Gasteiger partial charge in [-0.1, -0.05) is 6.07 Å². The van der Waals surface area contributed by atoms with E-state index in [1.807, 2.05) is 0 Å². The molecular formula is C8H5F4NO3. The molecule has 0 N–H and O–H groups in total. The van der Waals surface area contributed by atoms with Crippen molar-refractivity contribution in [3.63, 3.8) is 0 Å². The van der Waals surface area contributed by atoms with E-state index in [1.165, 1.54) is 0 Å². The Morgan fingerprint density at radius 2 is 2.00 bits per heavy atom. The first-order valence-electron chi connectivity index (χ1n) is 3.93. The largest absolute Gasteiger partial charge is 0.573 e. The molecule has 0 unspecified atom stereocenters. The van der Waals surface area contributed by atoms with E-state index in [2.05, 4.69) is 4.74 Å². The maximum atomic E-state index is 12.4. The number of nitro benzene ring substituents is 1. The van der Waals surface area contributed by atoms with Crippen LogP contribution in [0.15, 0.2) is 18.2 Å². The third-order valence-corrected chi connectivity index (χ3v) is 1.66. The lowest BCUT2D eigenvalue weighted by atomic mass is 10.2. The fraction of sp³-hybridized carbons (Fsp3) is 0.250. The lowest BCUT2D eigenvalue weighted by molar-refractivity contribution is -0.386. The van der Waals surface area contributed by atoms with Crippen LogP contribution in [0.4, 0.5) is 23.2 Å². The summed E-state index contributed by atoms with van der Waals surface area (Å²) in [5.41, 5.74) is -1.48. The Kier molecular flexibility index (Phi) is 3.31. The maximum Gasteiger partial charge on any atom is 0.573 e. The molecule has 16 heavy (non-hydrogen) atoms. The summed E-state index contributed by atoms with van der Waals surface area (Å²) >= 11 is 0. The minimum Gasteiger partial charge on any atom is -0.405 e. The van der Waals surface area contributed by atoms with Crippen molar-refractivity contribution in [3.05, 3.63) is 33.9 Å². The normalized spacial score (nSPS) is 11.2. The number of ether oxygens (including phenoxy) is 1. The summed E-state index contributed by atoms with van der Waals surface area (Å²) in [6.45, 7) is -1.41. The number of benzene rings is 1. The van der Waals surface area contributed by atoms with Gasteiger partial charge in [0.2, 0.25) is 0 Å². The molecule has 0 atom stereocenters. The van der Waals surface area contributed by atoms with E-state index in [0.717, 1.165) is 18.2 Å². The quantitative estimate of drug-likeness (QED) is 0.463. The van der Waals surface area contributed by atoms with Crippen molar-refractivity contribution >= 4 is 5.69 Å². The van der Waals surface area contributed by atoms with Crippen molar-refractivity contribution in [2.75, 3.05) is 0 Å². The monoisotopic (exact) mass is 239 g/mol. The predicted molar refractivity (Wildman–Crippen MR) is 44.6 cm³/mol. The van der Waals surface area contributed by atoms with Crippen LogP contribution in [0.1, 0.15) is 5.56 Å². The van der Waals surface area contributed by atoms with Crippen molar-refractivity contribution in [3.8, 4) is 5.75 Å². The zero-order chi connectivity index (χ0) is 12.3. The van der Waals surface area contributed by atoms with Gasteiger partial charge < -0.3 is 4.74 Å². The first-order chi connectivity index (χ1) is 7.35. The number of rotatable bonds is 3. The highest BCUT2D eigenvalue weighted by Crippen LogP contribution is 2.32. The number of halogens is 4. The average Bonchev–Trinajstić information content (AvgIpc) is 2.14. The van der Waals surface area contributed by atoms with Crippen LogP contribution in [0.2, 0.25) is 0 Å². The summed E-state index contributed by atoms with van der Waals surface area (Å²) in [7, 11) is 0. The van der Waals surface area contributed by atoms with Crippen LogP contribution in [-0.2, 0) is 6.67 Å². The molecule has 0 aromatic heterocycles. The van der Waals surface area contributed by atoms with Gasteiger partial charge in [-0.2, -0.15) is 0 Å². The molecule has 0 aliphatic heterocycles. The molecule has 4 nitrogen and oxygen atoms in total. The number of hydrogen-bond acceptors (Lipinski definition) is 3. The third kappa shape index (κ3) is 2.81. The highest BCUT2D eigenvalue weighted by molar-refractivity contribution is 5.49. The molecule has 0 radical (unpaired) electrons. The highest BCUT2D eigenvalue weighted by atomic mass is 19.4. The van der Waals surface area contributed by atoms with Gasteiger partial charge in [0, 0.05) is 6.07 Å². The second-order valence-corrected chi connectivity index (χ2v) is 2.69. The average molecular weight is 239 g/mol. The van der Waals surface area contributed by atoms with Gasteiger partial charge in [0.1, 0.15) is 18.0 Å². The molecular weight excluding hydrogens is 234 g/mol. The molecule has 1 rings (SSSR count). The van der Waals surface area contributed by atoms with Crippen LogP contribution >= 0.6 is 0 Å². The molecule has 8 heteroatoms. The Hall–Kier alpha value is -1.86. The third-order valence-electron chi connectivity index (χ3n) is 1.66. The minimum atomic E-state index is -5.01. The number of alkyl halides is 4. The van der Waals surface area contributed by atoms with E-state index in [4.69, 9.17) is 0 Å². The van der Waals surface area contributed by atoms with Gasteiger partial charge in [-0.15, -0.1) is 13.2 Å². The van der Waals surface area contributed by atoms with Gasteiger partial charge in [0.15, 0.2) is 0 Å². The Balaban J connectivity index is 3.19. The molecule has 0 fully saturated rings. The summed E-state index contributed by atoms with van der Waals surface area (Å²) in [6, 6.07) is 2.70. The van der Waals surface area contributed by atoms with E-state index in [0.29, 0.717) is 0 Å². The SMILES string of the molecule is O=[N+]([O-])c1cccc(OC(F)(F)F)c1CF. The highest BCUT2D eigenvalue weighted by Gasteiger charge is 2.33. The van der Waals surface area contributed by atoms with Crippen LogP contribution < -0.4 is 4.74 Å². The summed E-state index contributed by atoms with van der Waals surface area (Å²) in [5.74, 6) is -0.899. The molecule has 0 spiro atoms. The van der Waals surface area contributed by atoms with E-state index in [1.54, 1.807) is 0 Å². The Labute approximate surface area is 86.6 Å². The topological polar surface area (TPSA) is 52.4 Å². The van der Waals surface area contributed by atoms with Gasteiger partial charge in [0.25, 0.3) is 5.69 Å². The van der Waals surface area contributed by atoms with Crippen molar-refractivity contribution in [1.82, 2.24) is 0 Å². The molecule has 1 aromatic rings. The molecule has 0 saturated carbocycles. The van der Waals surface area contributed by atoms with Crippen molar-refractivity contribution in [2.24, 2.45) is 0 Å². The summed E-state index contributed by atoms with van der Waals surface area (Å²) < 4.78 is 51.5. The Bertz CT molecular complexity index is 405. The molecule has 0 saturated heterocycles. The van der Waals surface area contributed by atoms with Crippen LogP contribution in [0, 0.1) is 10.1 Å². The zero-order valence-corrected chi connectivity index (χ0v) is 7.62. The number of nitro groups is 1.